The van der Waals surface area contributed by atoms with E-state index in [2.05, 4.69) is 54.1 Å². The van der Waals surface area contributed by atoms with Crippen LogP contribution in [0.2, 0.25) is 0 Å². The Balaban J connectivity index is 0.00000280. The summed E-state index contributed by atoms with van der Waals surface area (Å²) in [6, 6.07) is 18.6. The molecule has 3 rings (SSSR count). The summed E-state index contributed by atoms with van der Waals surface area (Å²) >= 11 is 0. The number of nitrogens with zero attached hydrogens (tertiary/aromatic N) is 1. The third-order valence-corrected chi connectivity index (χ3v) is 4.54. The molecule has 0 N–H and O–H groups in total. The van der Waals surface area contributed by atoms with Gasteiger partial charge in [0, 0.05) is 23.9 Å². The van der Waals surface area contributed by atoms with E-state index < -0.39 is 0 Å². The lowest BCUT2D eigenvalue weighted by Crippen LogP contribution is -3.00. The molecule has 148 valence electrons. The second kappa shape index (κ2) is 10.7. The number of hydrogen-bond donors (Lipinski definition) is 0. The molecule has 2 aromatic carbocycles. The van der Waals surface area contributed by atoms with Gasteiger partial charge in [-0.15, -0.1) is 0 Å². The summed E-state index contributed by atoms with van der Waals surface area (Å²) in [7, 11) is 0. The van der Waals surface area contributed by atoms with Crippen molar-refractivity contribution in [3.05, 3.63) is 71.9 Å². The zero-order valence-electron chi connectivity index (χ0n) is 16.4. The molecular formula is C23H26ClNO3. The summed E-state index contributed by atoms with van der Waals surface area (Å²) in [4.78, 5) is 11.4. The molecule has 4 nitrogen and oxygen atoms in total. The number of aryl methyl sites for hydroxylation is 1. The van der Waals surface area contributed by atoms with Gasteiger partial charge in [-0.2, -0.15) is 4.57 Å². The molecule has 0 saturated heterocycles. The minimum Gasteiger partial charge on any atom is -1.00 e. The van der Waals surface area contributed by atoms with E-state index in [1.54, 1.807) is 0 Å². The Labute approximate surface area is 172 Å². The molecule has 0 bridgehead atoms. The van der Waals surface area contributed by atoms with Gasteiger partial charge in [0.25, 0.3) is 0 Å². The first-order valence-electron chi connectivity index (χ1n) is 9.43. The van der Waals surface area contributed by atoms with Gasteiger partial charge in [0.1, 0.15) is 5.75 Å². The molecule has 5 heteroatoms. The number of hydrogen-bond acceptors (Lipinski definition) is 3. The highest BCUT2D eigenvalue weighted by Gasteiger charge is 2.14. The predicted molar refractivity (Wildman–Crippen MR) is 106 cm³/mol. The van der Waals surface area contributed by atoms with Crippen LogP contribution in [0.5, 0.6) is 5.75 Å². The number of para-hydroxylation sites is 2. The van der Waals surface area contributed by atoms with E-state index in [-0.39, 0.29) is 18.4 Å². The van der Waals surface area contributed by atoms with Crippen LogP contribution in [0, 0.1) is 6.92 Å². The Morgan fingerprint density at radius 1 is 1.04 bits per heavy atom. The van der Waals surface area contributed by atoms with Crippen molar-refractivity contribution in [2.24, 2.45) is 0 Å². The summed E-state index contributed by atoms with van der Waals surface area (Å²) < 4.78 is 13.1. The average molecular weight is 400 g/mol. The second-order valence-electron chi connectivity index (χ2n) is 6.51. The standard InChI is InChI=1S/C23H26NO3.ClH/c1-3-26-23(25)13-8-16-27-22-12-7-4-9-19(22)17-24-15-14-18(2)20-10-5-6-11-21(20)24;/h4-7,9-12,14-15H,3,8,13,16-17H2,1-2H3;1H/q+1;/p-1. The maximum atomic E-state index is 11.4. The first kappa shape index (κ1) is 21.7. The molecule has 0 aliphatic carbocycles. The first-order valence-corrected chi connectivity index (χ1v) is 9.43. The Morgan fingerprint density at radius 2 is 1.79 bits per heavy atom. The Bertz CT molecular complexity index is 927. The number of aromatic nitrogens is 1. The Hall–Kier alpha value is -2.59. The number of benzene rings is 2. The molecule has 0 radical (unpaired) electrons. The topological polar surface area (TPSA) is 39.4 Å². The third kappa shape index (κ3) is 5.46. The van der Waals surface area contributed by atoms with E-state index in [1.165, 1.54) is 16.5 Å². The van der Waals surface area contributed by atoms with Gasteiger partial charge in [-0.25, -0.2) is 0 Å². The number of pyridine rings is 1. The molecule has 1 heterocycles. The molecule has 0 amide bonds. The lowest BCUT2D eigenvalue weighted by atomic mass is 10.1. The van der Waals surface area contributed by atoms with Crippen LogP contribution in [0.4, 0.5) is 0 Å². The highest BCUT2D eigenvalue weighted by molar-refractivity contribution is 5.78. The molecule has 3 aromatic rings. The van der Waals surface area contributed by atoms with Crippen LogP contribution in [-0.2, 0) is 16.1 Å². The van der Waals surface area contributed by atoms with Crippen molar-refractivity contribution in [2.45, 2.75) is 33.2 Å². The summed E-state index contributed by atoms with van der Waals surface area (Å²) in [5.74, 6) is 0.689. The molecule has 0 fully saturated rings. The van der Waals surface area contributed by atoms with Crippen LogP contribution >= 0.6 is 0 Å². The van der Waals surface area contributed by atoms with Gasteiger partial charge in [-0.1, -0.05) is 24.3 Å². The fourth-order valence-electron chi connectivity index (χ4n) is 3.16. The highest BCUT2D eigenvalue weighted by atomic mass is 35.5. The zero-order chi connectivity index (χ0) is 19.1. The molecule has 0 aliphatic rings. The molecule has 0 unspecified atom stereocenters. The number of carbonyl (C=O) groups is 1. The lowest BCUT2D eigenvalue weighted by molar-refractivity contribution is -0.662. The largest absolute Gasteiger partial charge is 1.00 e. The number of carbonyl (C=O) groups excluding carboxylic acids is 1. The minimum absolute atomic E-state index is 0. The van der Waals surface area contributed by atoms with Crippen LogP contribution in [0.1, 0.15) is 30.9 Å². The van der Waals surface area contributed by atoms with Gasteiger partial charge in [0.2, 0.25) is 5.52 Å². The number of fused-ring (bicyclic) bond motifs is 1. The monoisotopic (exact) mass is 399 g/mol. The molecule has 0 spiro atoms. The van der Waals surface area contributed by atoms with Gasteiger partial charge >= 0.3 is 5.97 Å². The molecule has 28 heavy (non-hydrogen) atoms. The third-order valence-electron chi connectivity index (χ3n) is 4.54. The maximum Gasteiger partial charge on any atom is 0.305 e. The summed E-state index contributed by atoms with van der Waals surface area (Å²) in [5.41, 5.74) is 3.59. The zero-order valence-corrected chi connectivity index (χ0v) is 17.1. The molecule has 0 atom stereocenters. The van der Waals surface area contributed by atoms with Crippen molar-refractivity contribution in [1.29, 1.82) is 0 Å². The van der Waals surface area contributed by atoms with E-state index >= 15 is 0 Å². The summed E-state index contributed by atoms with van der Waals surface area (Å²) in [6.45, 7) is 5.60. The van der Waals surface area contributed by atoms with Gasteiger partial charge < -0.3 is 21.9 Å². The van der Waals surface area contributed by atoms with Crippen molar-refractivity contribution >= 4 is 16.9 Å². The Kier molecular flexibility index (Phi) is 8.27. The normalized spacial score (nSPS) is 10.4. The van der Waals surface area contributed by atoms with Crippen LogP contribution in [0.3, 0.4) is 0 Å². The average Bonchev–Trinajstić information content (AvgIpc) is 2.69. The van der Waals surface area contributed by atoms with Crippen LogP contribution in [0.15, 0.2) is 60.8 Å². The lowest BCUT2D eigenvalue weighted by Gasteiger charge is -2.10. The molecular weight excluding hydrogens is 374 g/mol. The van der Waals surface area contributed by atoms with E-state index in [9.17, 15) is 4.79 Å². The first-order chi connectivity index (χ1) is 13.2. The fourth-order valence-corrected chi connectivity index (χ4v) is 3.16. The maximum absolute atomic E-state index is 11.4. The Morgan fingerprint density at radius 3 is 2.61 bits per heavy atom. The quantitative estimate of drug-likeness (QED) is 0.325. The van der Waals surface area contributed by atoms with Gasteiger partial charge in [-0.3, -0.25) is 4.79 Å². The van der Waals surface area contributed by atoms with E-state index in [0.717, 1.165) is 17.9 Å². The van der Waals surface area contributed by atoms with E-state index in [4.69, 9.17) is 9.47 Å². The van der Waals surface area contributed by atoms with Crippen molar-refractivity contribution in [3.8, 4) is 5.75 Å². The number of rotatable bonds is 8. The highest BCUT2D eigenvalue weighted by Crippen LogP contribution is 2.20. The number of ether oxygens (including phenoxy) is 2. The van der Waals surface area contributed by atoms with E-state index in [0.29, 0.717) is 26.1 Å². The minimum atomic E-state index is -0.170. The van der Waals surface area contributed by atoms with E-state index in [1.807, 2.05) is 25.1 Å². The summed E-state index contributed by atoms with van der Waals surface area (Å²) in [5, 5.41) is 1.26. The smallest absolute Gasteiger partial charge is 0.305 e. The molecule has 0 aliphatic heterocycles. The van der Waals surface area contributed by atoms with Gasteiger partial charge in [-0.05, 0) is 44.0 Å². The van der Waals surface area contributed by atoms with Crippen molar-refractivity contribution < 1.29 is 31.2 Å². The SMILES string of the molecule is CCOC(=O)CCCOc1ccccc1C[n+]1ccc(C)c2ccccc21.[Cl-]. The number of halogens is 1. The van der Waals surface area contributed by atoms with Crippen molar-refractivity contribution in [3.63, 3.8) is 0 Å². The second-order valence-corrected chi connectivity index (χ2v) is 6.51. The van der Waals surface area contributed by atoms with Crippen LogP contribution in [0.25, 0.3) is 10.9 Å². The number of esters is 1. The summed E-state index contributed by atoms with van der Waals surface area (Å²) in [6.07, 6.45) is 3.15. The predicted octanol–water partition coefficient (Wildman–Crippen LogP) is 1.21. The fraction of sp³-hybridized carbons (Fsp3) is 0.304. The van der Waals surface area contributed by atoms with Crippen molar-refractivity contribution in [2.75, 3.05) is 13.2 Å². The molecule has 0 saturated carbocycles. The van der Waals surface area contributed by atoms with Crippen LogP contribution in [-0.4, -0.2) is 19.2 Å². The van der Waals surface area contributed by atoms with Gasteiger partial charge in [0.15, 0.2) is 12.7 Å². The van der Waals surface area contributed by atoms with Crippen LogP contribution < -0.4 is 21.7 Å². The van der Waals surface area contributed by atoms with Gasteiger partial charge in [0.05, 0.1) is 18.8 Å². The van der Waals surface area contributed by atoms with Crippen molar-refractivity contribution in [1.82, 2.24) is 0 Å². The molecule has 1 aromatic heterocycles.